The second kappa shape index (κ2) is 36.7. The molecule has 2 aliphatic rings. The van der Waals surface area contributed by atoms with Crippen LogP contribution in [-0.4, -0.2) is 103 Å². The number of pyridine rings is 2. The monoisotopic (exact) mass is 1190 g/mol. The summed E-state index contributed by atoms with van der Waals surface area (Å²) in [6.07, 6.45) is 30.0. The number of esters is 3. The van der Waals surface area contributed by atoms with Crippen molar-refractivity contribution < 1.29 is 61.2 Å². The number of unbranched alkanes of at least 4 members (excludes halogenated alkanes) is 23. The summed E-state index contributed by atoms with van der Waals surface area (Å²) in [5, 5.41) is 6.27. The normalized spacial score (nSPS) is 16.1. The molecule has 1 aromatic carbocycles. The Balaban J connectivity index is 1.21. The van der Waals surface area contributed by atoms with Crippen molar-refractivity contribution in [3.63, 3.8) is 0 Å². The van der Waals surface area contributed by atoms with E-state index in [4.69, 9.17) is 28.2 Å². The number of para-hydroxylation sites is 1. The van der Waals surface area contributed by atoms with Crippen molar-refractivity contribution in [1.82, 2.24) is 20.2 Å². The van der Waals surface area contributed by atoms with Gasteiger partial charge in [-0.15, -0.1) is 0 Å². The van der Waals surface area contributed by atoms with Crippen molar-refractivity contribution in [3.05, 3.63) is 75.6 Å². The first-order valence-corrected chi connectivity index (χ1v) is 33.2. The molecule has 0 aliphatic carbocycles. The minimum Gasteiger partial charge on any atom is -0.756 e. The lowest BCUT2D eigenvalue weighted by molar-refractivity contribution is -0.870. The molecule has 84 heavy (non-hydrogen) atoms. The van der Waals surface area contributed by atoms with Crippen LogP contribution in [0.3, 0.4) is 0 Å². The maximum atomic E-state index is 14.0. The summed E-state index contributed by atoms with van der Waals surface area (Å²) in [6, 6.07) is 10.1. The van der Waals surface area contributed by atoms with Gasteiger partial charge in [-0.25, -0.2) is 9.78 Å². The van der Waals surface area contributed by atoms with Crippen molar-refractivity contribution in [3.8, 4) is 11.4 Å². The van der Waals surface area contributed by atoms with E-state index in [0.29, 0.717) is 35.3 Å². The van der Waals surface area contributed by atoms with E-state index < -0.39 is 80.9 Å². The van der Waals surface area contributed by atoms with E-state index >= 15 is 0 Å². The molecule has 0 radical (unpaired) electrons. The molecule has 19 heteroatoms. The van der Waals surface area contributed by atoms with Crippen LogP contribution in [0.5, 0.6) is 0 Å². The summed E-state index contributed by atoms with van der Waals surface area (Å²) in [4.78, 5) is 99.8. The van der Waals surface area contributed by atoms with Gasteiger partial charge in [0.15, 0.2) is 0 Å². The highest BCUT2D eigenvalue weighted by atomic mass is 31.2. The molecule has 2 aliphatic heterocycles. The summed E-state index contributed by atoms with van der Waals surface area (Å²) in [6.45, 7) is 5.01. The van der Waals surface area contributed by atoms with Gasteiger partial charge < -0.3 is 47.8 Å². The third kappa shape index (κ3) is 23.5. The molecule has 4 atom stereocenters. The molecule has 2 N–H and O–H groups in total. The van der Waals surface area contributed by atoms with Crippen LogP contribution < -0.4 is 21.1 Å². The zero-order valence-electron chi connectivity index (χ0n) is 51.6. The van der Waals surface area contributed by atoms with Gasteiger partial charge in [0.1, 0.15) is 32.4 Å². The number of ether oxygens (including phenoxy) is 3. The van der Waals surface area contributed by atoms with Gasteiger partial charge in [-0.05, 0) is 50.0 Å². The maximum Gasteiger partial charge on any atom is 0.355 e. The van der Waals surface area contributed by atoms with E-state index in [9.17, 15) is 38.2 Å². The molecule has 2 amide bonds. The number of nitrogens with zero attached hydrogens (tertiary/aromatic N) is 3. The zero-order chi connectivity index (χ0) is 60.8. The number of aromatic nitrogens is 2. The number of carbonyl (C=O) groups is 5. The number of phosphoric ester groups is 1. The number of carbonyl (C=O) groups excluding carboxylic acids is 5. The summed E-state index contributed by atoms with van der Waals surface area (Å²) >= 11 is 0. The van der Waals surface area contributed by atoms with Crippen molar-refractivity contribution in [2.24, 2.45) is 0 Å². The highest BCUT2D eigenvalue weighted by Crippen LogP contribution is 2.41. The van der Waals surface area contributed by atoms with Gasteiger partial charge in [-0.3, -0.25) is 28.5 Å². The number of allylic oxidation sites excluding steroid dienone is 1. The molecule has 468 valence electrons. The fourth-order valence-electron chi connectivity index (χ4n) is 10.8. The Labute approximate surface area is 500 Å². The molecular weight excluding hydrogens is 1090 g/mol. The van der Waals surface area contributed by atoms with Crippen LogP contribution >= 0.6 is 7.82 Å². The number of phosphoric acid groups is 1. The van der Waals surface area contributed by atoms with Gasteiger partial charge in [0.05, 0.1) is 69.2 Å². The highest BCUT2D eigenvalue weighted by molar-refractivity contribution is 7.45. The second-order valence-electron chi connectivity index (χ2n) is 24.0. The second-order valence-corrected chi connectivity index (χ2v) is 25.4. The molecule has 4 heterocycles. The number of benzene rings is 1. The number of likely N-dealkylation sites (N-methyl/N-ethyl adjacent to an activating group) is 1. The topological polar surface area (TPSA) is 231 Å². The molecule has 0 saturated heterocycles. The Bertz CT molecular complexity index is 2700. The molecule has 3 aromatic rings. The molecule has 0 fully saturated rings. The number of hydrogen-bond acceptors (Lipinski definition) is 14. The van der Waals surface area contributed by atoms with Gasteiger partial charge in [0.2, 0.25) is 17.4 Å². The van der Waals surface area contributed by atoms with E-state index in [2.05, 4.69) is 24.5 Å². The number of quaternary nitrogens is 1. The number of fused-ring (bicyclic) bond motifs is 5. The van der Waals surface area contributed by atoms with E-state index in [1.165, 1.54) is 96.3 Å². The van der Waals surface area contributed by atoms with Gasteiger partial charge in [-0.2, -0.15) is 0 Å². The Morgan fingerprint density at radius 3 is 1.96 bits per heavy atom. The Hall–Kier alpha value is -5.26. The lowest BCUT2D eigenvalue weighted by atomic mass is 9.85. The van der Waals surface area contributed by atoms with Crippen LogP contribution in [0.15, 0.2) is 53.3 Å². The maximum absolute atomic E-state index is 14.0. The fraction of sp³-hybridized carbons (Fsp3) is 0.677. The van der Waals surface area contributed by atoms with Gasteiger partial charge in [-0.1, -0.05) is 186 Å². The minimum atomic E-state index is -4.88. The summed E-state index contributed by atoms with van der Waals surface area (Å²) in [7, 11) is 0.815. The van der Waals surface area contributed by atoms with Crippen molar-refractivity contribution in [1.29, 1.82) is 0 Å². The van der Waals surface area contributed by atoms with Crippen LogP contribution in [0.25, 0.3) is 22.3 Å². The predicted molar refractivity (Wildman–Crippen MR) is 325 cm³/mol. The van der Waals surface area contributed by atoms with Crippen molar-refractivity contribution >= 4 is 48.4 Å². The van der Waals surface area contributed by atoms with Crippen molar-refractivity contribution in [2.45, 2.75) is 238 Å². The summed E-state index contributed by atoms with van der Waals surface area (Å²) in [5.74, 6) is -3.74. The number of amides is 2. The summed E-state index contributed by atoms with van der Waals surface area (Å²) < 4.78 is 43.0. The van der Waals surface area contributed by atoms with Crippen molar-refractivity contribution in [2.75, 3.05) is 47.4 Å². The zero-order valence-corrected chi connectivity index (χ0v) is 52.5. The van der Waals surface area contributed by atoms with Crippen LogP contribution in [-0.2, 0) is 70.5 Å². The third-order valence-corrected chi connectivity index (χ3v) is 16.9. The molecule has 0 saturated carbocycles. The molecule has 0 spiro atoms. The fourth-order valence-corrected chi connectivity index (χ4v) is 11.6. The minimum absolute atomic E-state index is 0.0813. The van der Waals surface area contributed by atoms with Gasteiger partial charge in [0.25, 0.3) is 13.4 Å². The number of nitrogens with one attached hydrogen (secondary N) is 2. The van der Waals surface area contributed by atoms with Gasteiger partial charge >= 0.3 is 17.9 Å². The lowest BCUT2D eigenvalue weighted by Crippen LogP contribution is -2.48. The average molecular weight is 1190 g/mol. The lowest BCUT2D eigenvalue weighted by Gasteiger charge is -2.35. The number of cyclic esters (lactones) is 1. The smallest absolute Gasteiger partial charge is 0.355 e. The van der Waals surface area contributed by atoms with Crippen LogP contribution in [0.1, 0.15) is 224 Å². The van der Waals surface area contributed by atoms with Crippen LogP contribution in [0.2, 0.25) is 0 Å². The quantitative estimate of drug-likeness (QED) is 0.0105. The van der Waals surface area contributed by atoms with Gasteiger partial charge in [0, 0.05) is 29.4 Å². The molecule has 18 nitrogen and oxygen atoms in total. The Morgan fingerprint density at radius 1 is 0.762 bits per heavy atom. The van der Waals surface area contributed by atoms with E-state index in [1.807, 2.05) is 57.6 Å². The molecule has 1 unspecified atom stereocenters. The first-order valence-electron chi connectivity index (χ1n) is 31.8. The molecule has 5 rings (SSSR count). The largest absolute Gasteiger partial charge is 0.756 e. The predicted octanol–water partition coefficient (Wildman–Crippen LogP) is 11.9. The first-order chi connectivity index (χ1) is 40.4. The van der Waals surface area contributed by atoms with Crippen LogP contribution in [0.4, 0.5) is 0 Å². The summed E-state index contributed by atoms with van der Waals surface area (Å²) in [5.41, 5.74) is 0.572. The molecule has 2 aromatic heterocycles. The Morgan fingerprint density at radius 2 is 1.36 bits per heavy atom. The third-order valence-electron chi connectivity index (χ3n) is 15.9. The highest BCUT2D eigenvalue weighted by Gasteiger charge is 2.50. The van der Waals surface area contributed by atoms with E-state index in [-0.39, 0.29) is 49.6 Å². The molecule has 0 bridgehead atoms. The van der Waals surface area contributed by atoms with Crippen LogP contribution in [0, 0.1) is 0 Å². The number of rotatable bonds is 44. The standard InChI is InChI=1S/C65H100N5O13P/c1-7-10-12-14-16-18-20-22-24-26-28-30-32-38-57(55(49-81-84(77,78)80-43-42-70(4,5)6)67-59(72)39-33-31-29-27-25-23-21-19-17-15-13-11-8-2)82-60(73)41-40-58(71)66-46-61(74)83-65(9-3)53-45-56-62-51(44-50-36-34-35-37-54(50)68-62)47-69(56)63(75)52(53)48-79-64(65)76/h32,34-38,44-45,55,57H,7-31,33,39-43,46-49H2,1-6H3,(H2-,66,67,71,72,77,78)/b38-32+/t55-,57+,65-/m0/s1. The molecular formula is C65H100N5O13P. The van der Waals surface area contributed by atoms with E-state index in [0.717, 1.165) is 67.8 Å². The average Bonchev–Trinajstić information content (AvgIpc) is 1.76. The first kappa shape index (κ1) is 69.5. The Kier molecular flexibility index (Phi) is 30.3. The SMILES string of the molecule is CCCCCCCCCCCCC/C=C/[C@@H](OC(=O)CCC(=O)NCC(=O)O[C@]1(CC)C(=O)OCc2c1cc1n(c2=O)Cc2cc3ccccc3nc2-1)[C@H](COP(=O)([O-])OCC[N+](C)(C)C)NC(=O)CCCCCCCCCCCCCCC. The number of hydrogen-bond donors (Lipinski definition) is 2. The van der Waals surface area contributed by atoms with E-state index in [1.54, 1.807) is 23.6 Å².